The first-order chi connectivity index (χ1) is 12.3. The van der Waals surface area contributed by atoms with E-state index in [1.54, 1.807) is 31.2 Å². The number of alkyl halides is 3. The molecule has 26 heavy (non-hydrogen) atoms. The Labute approximate surface area is 162 Å². The third kappa shape index (κ3) is 5.03. The summed E-state index contributed by atoms with van der Waals surface area (Å²) in [6, 6.07) is 9.14. The van der Waals surface area contributed by atoms with E-state index in [4.69, 9.17) is 4.74 Å². The molecule has 0 radical (unpaired) electrons. The minimum Gasteiger partial charge on any atom is -0.488 e. The number of anilines is 1. The van der Waals surface area contributed by atoms with Crippen LogP contribution in [-0.2, 0) is 23.9 Å². The highest BCUT2D eigenvalue weighted by Crippen LogP contribution is 2.37. The number of ether oxygens (including phenoxy) is 2. The van der Waals surface area contributed by atoms with E-state index in [1.807, 2.05) is 22.6 Å². The summed E-state index contributed by atoms with van der Waals surface area (Å²) in [4.78, 5) is 11.4. The number of benzene rings is 2. The molecule has 1 amide bonds. The van der Waals surface area contributed by atoms with Crippen LogP contribution in [0.4, 0.5) is 23.7 Å². The standard InChI is InChI=1S/C18H17F3INO3/c1-3-11-7-8-16(13(9-11)18(19,20)21)26-10-12-14(22)5-4-6-15(12)23-17(24)25-2/h4-9H,3,10H2,1-2H3,(H,23,24). The molecule has 4 nitrogen and oxygen atoms in total. The first-order valence-electron chi connectivity index (χ1n) is 7.71. The van der Waals surface area contributed by atoms with Gasteiger partial charge in [-0.3, -0.25) is 5.32 Å². The van der Waals surface area contributed by atoms with Crippen molar-refractivity contribution in [2.45, 2.75) is 26.1 Å². The molecule has 0 aliphatic rings. The maximum absolute atomic E-state index is 13.3. The molecule has 0 aliphatic carbocycles. The molecule has 8 heteroatoms. The SMILES string of the molecule is CCc1ccc(OCc2c(I)cccc2NC(=O)OC)c(C(F)(F)F)c1. The van der Waals surface area contributed by atoms with E-state index in [2.05, 4.69) is 10.1 Å². The van der Waals surface area contributed by atoms with Gasteiger partial charge in [0.05, 0.1) is 18.4 Å². The fraction of sp³-hybridized carbons (Fsp3) is 0.278. The third-order valence-electron chi connectivity index (χ3n) is 3.67. The van der Waals surface area contributed by atoms with E-state index >= 15 is 0 Å². The number of aryl methyl sites for hydroxylation is 1. The predicted molar refractivity (Wildman–Crippen MR) is 100 cm³/mol. The van der Waals surface area contributed by atoms with Gasteiger partial charge in [0, 0.05) is 9.13 Å². The molecule has 2 rings (SSSR count). The van der Waals surface area contributed by atoms with Crippen molar-refractivity contribution in [2.75, 3.05) is 12.4 Å². The van der Waals surface area contributed by atoms with Crippen LogP contribution in [0.1, 0.15) is 23.6 Å². The zero-order valence-corrected chi connectivity index (χ0v) is 16.3. The van der Waals surface area contributed by atoms with Crippen LogP contribution in [0.15, 0.2) is 36.4 Å². The number of rotatable bonds is 5. The fourth-order valence-electron chi connectivity index (χ4n) is 2.28. The summed E-state index contributed by atoms with van der Waals surface area (Å²) in [6.45, 7) is 1.65. The molecule has 0 saturated heterocycles. The Kier molecular flexibility index (Phi) is 6.74. The zero-order valence-electron chi connectivity index (χ0n) is 14.1. The Bertz CT molecular complexity index is 794. The van der Waals surface area contributed by atoms with Crippen molar-refractivity contribution < 1.29 is 27.4 Å². The molecule has 140 valence electrons. The normalized spacial score (nSPS) is 11.2. The number of hydrogen-bond donors (Lipinski definition) is 1. The summed E-state index contributed by atoms with van der Waals surface area (Å²) in [5, 5.41) is 2.53. The van der Waals surface area contributed by atoms with Gasteiger partial charge in [-0.1, -0.05) is 19.1 Å². The smallest absolute Gasteiger partial charge is 0.419 e. The summed E-state index contributed by atoms with van der Waals surface area (Å²) in [7, 11) is 1.23. The average Bonchev–Trinajstić information content (AvgIpc) is 2.60. The highest BCUT2D eigenvalue weighted by atomic mass is 127. The zero-order chi connectivity index (χ0) is 19.3. The van der Waals surface area contributed by atoms with E-state index in [0.29, 0.717) is 23.2 Å². The van der Waals surface area contributed by atoms with E-state index < -0.39 is 17.8 Å². The quantitative estimate of drug-likeness (QED) is 0.566. The Balaban J connectivity index is 2.31. The van der Waals surface area contributed by atoms with Crippen LogP contribution < -0.4 is 10.1 Å². The van der Waals surface area contributed by atoms with Crippen LogP contribution in [-0.4, -0.2) is 13.2 Å². The Hall–Kier alpha value is -1.97. The van der Waals surface area contributed by atoms with Gasteiger partial charge in [-0.05, 0) is 58.8 Å². The molecule has 0 atom stereocenters. The molecule has 0 saturated carbocycles. The van der Waals surface area contributed by atoms with Crippen LogP contribution in [0.3, 0.4) is 0 Å². The van der Waals surface area contributed by atoms with E-state index in [1.165, 1.54) is 13.2 Å². The first-order valence-corrected chi connectivity index (χ1v) is 8.79. The topological polar surface area (TPSA) is 47.6 Å². The highest BCUT2D eigenvalue weighted by Gasteiger charge is 2.34. The molecule has 0 unspecified atom stereocenters. The van der Waals surface area contributed by atoms with Gasteiger partial charge in [0.1, 0.15) is 12.4 Å². The summed E-state index contributed by atoms with van der Waals surface area (Å²) in [5.74, 6) is -0.252. The lowest BCUT2D eigenvalue weighted by Crippen LogP contribution is -2.14. The predicted octanol–water partition coefficient (Wildman–Crippen LogP) is 5.63. The molecule has 0 aromatic heterocycles. The van der Waals surface area contributed by atoms with Crippen LogP contribution in [0.5, 0.6) is 5.75 Å². The summed E-state index contributed by atoms with van der Waals surface area (Å²) in [5.41, 5.74) is 0.742. The number of hydrogen-bond acceptors (Lipinski definition) is 3. The number of nitrogens with one attached hydrogen (secondary N) is 1. The van der Waals surface area contributed by atoms with Gasteiger partial charge < -0.3 is 9.47 Å². The number of halogens is 4. The van der Waals surface area contributed by atoms with Gasteiger partial charge in [0.2, 0.25) is 0 Å². The summed E-state index contributed by atoms with van der Waals surface area (Å²) >= 11 is 2.03. The van der Waals surface area contributed by atoms with Crippen LogP contribution in [0.2, 0.25) is 0 Å². The summed E-state index contributed by atoms with van der Waals surface area (Å²) < 4.78 is 50.7. The second-order valence-electron chi connectivity index (χ2n) is 5.35. The Morgan fingerprint density at radius 2 is 1.96 bits per heavy atom. The lowest BCUT2D eigenvalue weighted by molar-refractivity contribution is -0.139. The van der Waals surface area contributed by atoms with Crippen molar-refractivity contribution >= 4 is 34.4 Å². The third-order valence-corrected chi connectivity index (χ3v) is 4.68. The Morgan fingerprint density at radius 3 is 2.58 bits per heavy atom. The van der Waals surface area contributed by atoms with Crippen molar-refractivity contribution in [1.29, 1.82) is 0 Å². The van der Waals surface area contributed by atoms with Gasteiger partial charge in [-0.25, -0.2) is 4.79 Å². The summed E-state index contributed by atoms with van der Waals surface area (Å²) in [6.07, 6.45) is -4.69. The number of carbonyl (C=O) groups is 1. The lowest BCUT2D eigenvalue weighted by Gasteiger charge is -2.17. The van der Waals surface area contributed by atoms with Crippen LogP contribution in [0, 0.1) is 3.57 Å². The fourth-order valence-corrected chi connectivity index (χ4v) is 2.93. The molecule has 2 aromatic rings. The average molecular weight is 479 g/mol. The van der Waals surface area contributed by atoms with Gasteiger partial charge >= 0.3 is 12.3 Å². The van der Waals surface area contributed by atoms with E-state index in [0.717, 1.165) is 9.64 Å². The van der Waals surface area contributed by atoms with Gasteiger partial charge in [0.15, 0.2) is 0 Å². The van der Waals surface area contributed by atoms with Crippen LogP contribution in [0.25, 0.3) is 0 Å². The van der Waals surface area contributed by atoms with Gasteiger partial charge in [-0.2, -0.15) is 13.2 Å². The van der Waals surface area contributed by atoms with Crippen molar-refractivity contribution in [3.63, 3.8) is 0 Å². The van der Waals surface area contributed by atoms with E-state index in [9.17, 15) is 18.0 Å². The Morgan fingerprint density at radius 1 is 1.23 bits per heavy atom. The molecule has 0 bridgehead atoms. The van der Waals surface area contributed by atoms with Crippen molar-refractivity contribution in [3.8, 4) is 5.75 Å². The van der Waals surface area contributed by atoms with Crippen molar-refractivity contribution in [1.82, 2.24) is 0 Å². The molecule has 2 aromatic carbocycles. The van der Waals surface area contributed by atoms with Crippen molar-refractivity contribution in [3.05, 3.63) is 56.7 Å². The first kappa shape index (κ1) is 20.3. The largest absolute Gasteiger partial charge is 0.488 e. The van der Waals surface area contributed by atoms with Crippen LogP contribution >= 0.6 is 22.6 Å². The van der Waals surface area contributed by atoms with Gasteiger partial charge in [-0.15, -0.1) is 0 Å². The molecular formula is C18H17F3INO3. The molecule has 1 N–H and O–H groups in total. The maximum Gasteiger partial charge on any atom is 0.419 e. The number of methoxy groups -OCH3 is 1. The monoisotopic (exact) mass is 479 g/mol. The highest BCUT2D eigenvalue weighted by molar-refractivity contribution is 14.1. The molecule has 0 spiro atoms. The van der Waals surface area contributed by atoms with Gasteiger partial charge in [0.25, 0.3) is 0 Å². The molecule has 0 aliphatic heterocycles. The molecule has 0 heterocycles. The molecular weight excluding hydrogens is 462 g/mol. The second kappa shape index (κ2) is 8.61. The number of amides is 1. The second-order valence-corrected chi connectivity index (χ2v) is 6.52. The lowest BCUT2D eigenvalue weighted by atomic mass is 10.1. The van der Waals surface area contributed by atoms with E-state index in [-0.39, 0.29) is 12.4 Å². The maximum atomic E-state index is 13.3. The number of carbonyl (C=O) groups excluding carboxylic acids is 1. The minimum absolute atomic E-state index is 0.132. The minimum atomic E-state index is -4.52. The molecule has 0 fully saturated rings. The van der Waals surface area contributed by atoms with Crippen molar-refractivity contribution in [2.24, 2.45) is 0 Å².